The van der Waals surface area contributed by atoms with Crippen molar-refractivity contribution in [2.24, 2.45) is 23.2 Å². The number of amides is 1. The first kappa shape index (κ1) is 18.3. The average Bonchev–Trinajstić information content (AvgIpc) is 2.60. The van der Waals surface area contributed by atoms with Crippen molar-refractivity contribution in [2.45, 2.75) is 76.9 Å². The molecule has 0 aromatic rings. The number of fused-ring (bicyclic) bond motifs is 5. The number of hydrogen-bond acceptors (Lipinski definition) is 3. The molecule has 0 aromatic carbocycles. The first-order valence-corrected chi connectivity index (χ1v) is 10.6. The second-order valence-corrected chi connectivity index (χ2v) is 9.56. The SMILES string of the molecule is C[C@]12CC[C@H](OC(=O)CCl)CC1=CC[C@@H]1[C@@H]2CC[C@]2(C)NC(=O)CC[C@@H]12. The summed E-state index contributed by atoms with van der Waals surface area (Å²) in [5, 5.41) is 3.32. The highest BCUT2D eigenvalue weighted by Gasteiger charge is 2.56. The van der Waals surface area contributed by atoms with Gasteiger partial charge in [-0.1, -0.05) is 18.6 Å². The largest absolute Gasteiger partial charge is 0.461 e. The molecule has 3 fully saturated rings. The van der Waals surface area contributed by atoms with Crippen LogP contribution in [0.15, 0.2) is 11.6 Å². The highest BCUT2D eigenvalue weighted by Crippen LogP contribution is 2.60. The molecule has 0 aromatic heterocycles. The lowest BCUT2D eigenvalue weighted by molar-refractivity contribution is -0.148. The molecular weight excluding hydrogens is 350 g/mol. The van der Waals surface area contributed by atoms with E-state index < -0.39 is 0 Å². The molecular formula is C21H30ClNO3. The van der Waals surface area contributed by atoms with Crippen LogP contribution in [0.4, 0.5) is 0 Å². The number of nitrogens with one attached hydrogen (secondary N) is 1. The third-order valence-electron chi connectivity index (χ3n) is 7.96. The molecule has 26 heavy (non-hydrogen) atoms. The fraction of sp³-hybridized carbons (Fsp3) is 0.810. The number of piperidine rings is 1. The van der Waals surface area contributed by atoms with Crippen molar-refractivity contribution in [3.63, 3.8) is 0 Å². The van der Waals surface area contributed by atoms with E-state index in [2.05, 4.69) is 25.2 Å². The summed E-state index contributed by atoms with van der Waals surface area (Å²) >= 11 is 5.60. The molecule has 0 spiro atoms. The summed E-state index contributed by atoms with van der Waals surface area (Å²) < 4.78 is 5.53. The number of allylic oxidation sites excluding steroid dienone is 1. The molecule has 4 aliphatic rings. The van der Waals surface area contributed by atoms with Gasteiger partial charge in [0, 0.05) is 18.4 Å². The fourth-order valence-electron chi connectivity index (χ4n) is 6.62. The molecule has 5 heteroatoms. The summed E-state index contributed by atoms with van der Waals surface area (Å²) in [4.78, 5) is 23.5. The number of carbonyl (C=O) groups is 2. The first-order valence-electron chi connectivity index (χ1n) is 10.1. The lowest BCUT2D eigenvalue weighted by atomic mass is 9.48. The van der Waals surface area contributed by atoms with Gasteiger partial charge in [0.05, 0.1) is 0 Å². The van der Waals surface area contributed by atoms with Crippen LogP contribution in [0.3, 0.4) is 0 Å². The van der Waals surface area contributed by atoms with Crippen LogP contribution >= 0.6 is 11.6 Å². The zero-order valence-electron chi connectivity index (χ0n) is 15.9. The van der Waals surface area contributed by atoms with E-state index >= 15 is 0 Å². The lowest BCUT2D eigenvalue weighted by Crippen LogP contribution is -2.62. The second-order valence-electron chi connectivity index (χ2n) is 9.29. The summed E-state index contributed by atoms with van der Waals surface area (Å²) in [5.74, 6) is 1.78. The minimum atomic E-state index is -0.305. The smallest absolute Gasteiger partial charge is 0.321 e. The van der Waals surface area contributed by atoms with Gasteiger partial charge in [-0.15, -0.1) is 11.6 Å². The number of halogens is 1. The maximum Gasteiger partial charge on any atom is 0.321 e. The van der Waals surface area contributed by atoms with E-state index in [0.717, 1.165) is 38.5 Å². The zero-order chi connectivity index (χ0) is 18.5. The number of ether oxygens (including phenoxy) is 1. The van der Waals surface area contributed by atoms with Gasteiger partial charge in [0.1, 0.15) is 12.0 Å². The highest BCUT2D eigenvalue weighted by molar-refractivity contribution is 6.26. The molecule has 1 amide bonds. The van der Waals surface area contributed by atoms with E-state index in [9.17, 15) is 9.59 Å². The van der Waals surface area contributed by atoms with Crippen LogP contribution in [-0.4, -0.2) is 29.4 Å². The molecule has 1 heterocycles. The van der Waals surface area contributed by atoms with Gasteiger partial charge < -0.3 is 10.1 Å². The second kappa shape index (κ2) is 6.54. The van der Waals surface area contributed by atoms with Crippen molar-refractivity contribution < 1.29 is 14.3 Å². The summed E-state index contributed by atoms with van der Waals surface area (Å²) in [7, 11) is 0. The number of esters is 1. The van der Waals surface area contributed by atoms with E-state index in [1.54, 1.807) is 0 Å². The van der Waals surface area contributed by atoms with E-state index in [0.29, 0.717) is 24.2 Å². The maximum absolute atomic E-state index is 11.9. The molecule has 1 aliphatic heterocycles. The predicted molar refractivity (Wildman–Crippen MR) is 101 cm³/mol. The van der Waals surface area contributed by atoms with Crippen LogP contribution in [0.2, 0.25) is 0 Å². The van der Waals surface area contributed by atoms with Crippen LogP contribution in [0.25, 0.3) is 0 Å². The molecule has 2 saturated carbocycles. The Kier molecular flexibility index (Phi) is 4.61. The molecule has 0 unspecified atom stereocenters. The molecule has 1 saturated heterocycles. The topological polar surface area (TPSA) is 55.4 Å². The Hall–Kier alpha value is -1.03. The average molecular weight is 380 g/mol. The molecule has 4 nitrogen and oxygen atoms in total. The number of hydrogen-bond donors (Lipinski definition) is 1. The molecule has 4 rings (SSSR count). The van der Waals surface area contributed by atoms with Crippen molar-refractivity contribution in [3.8, 4) is 0 Å². The third-order valence-corrected chi connectivity index (χ3v) is 8.18. The van der Waals surface area contributed by atoms with Crippen LogP contribution in [0.1, 0.15) is 65.2 Å². The monoisotopic (exact) mass is 379 g/mol. The molecule has 0 radical (unpaired) electrons. The third kappa shape index (κ3) is 2.89. The Balaban J connectivity index is 1.55. The van der Waals surface area contributed by atoms with Crippen molar-refractivity contribution in [3.05, 3.63) is 11.6 Å². The van der Waals surface area contributed by atoms with Gasteiger partial charge in [0.25, 0.3) is 0 Å². The first-order chi connectivity index (χ1) is 12.4. The quantitative estimate of drug-likeness (QED) is 0.448. The highest BCUT2D eigenvalue weighted by atomic mass is 35.5. The summed E-state index contributed by atoms with van der Waals surface area (Å²) in [6.07, 6.45) is 10.4. The van der Waals surface area contributed by atoms with E-state index in [1.807, 2.05) is 0 Å². The van der Waals surface area contributed by atoms with Gasteiger partial charge in [0.2, 0.25) is 5.91 Å². The van der Waals surface area contributed by atoms with Crippen LogP contribution in [-0.2, 0) is 14.3 Å². The number of carbonyl (C=O) groups excluding carboxylic acids is 2. The molecule has 1 N–H and O–H groups in total. The number of rotatable bonds is 2. The van der Waals surface area contributed by atoms with E-state index in [1.165, 1.54) is 12.0 Å². The number of alkyl halides is 1. The zero-order valence-corrected chi connectivity index (χ0v) is 16.6. The fourth-order valence-corrected chi connectivity index (χ4v) is 6.68. The Bertz CT molecular complexity index is 647. The normalized spacial score (nSPS) is 44.7. The molecule has 0 bridgehead atoms. The van der Waals surface area contributed by atoms with Crippen molar-refractivity contribution >= 4 is 23.5 Å². The predicted octanol–water partition coefficient (Wildman–Crippen LogP) is 3.97. The summed E-state index contributed by atoms with van der Waals surface area (Å²) in [5.41, 5.74) is 1.68. The Morgan fingerprint density at radius 2 is 2.08 bits per heavy atom. The maximum atomic E-state index is 11.9. The van der Waals surface area contributed by atoms with E-state index in [-0.39, 0.29) is 34.8 Å². The van der Waals surface area contributed by atoms with Gasteiger partial charge >= 0.3 is 5.97 Å². The minimum absolute atomic E-state index is 0.0139. The van der Waals surface area contributed by atoms with Crippen LogP contribution in [0, 0.1) is 23.2 Å². The van der Waals surface area contributed by atoms with Crippen LogP contribution in [0.5, 0.6) is 0 Å². The van der Waals surface area contributed by atoms with Gasteiger partial charge in [-0.25, -0.2) is 0 Å². The molecule has 144 valence electrons. The van der Waals surface area contributed by atoms with E-state index in [4.69, 9.17) is 16.3 Å². The standard InChI is InChI=1S/C21H30ClNO3/c1-20-9-7-14(26-19(25)12-22)11-13(20)3-4-15-16(20)8-10-21(2)17(15)5-6-18(24)23-21/h3,14-17H,4-12H2,1-2H3,(H,23,24)/t14-,15+,16-,17-,20-,21-/m0/s1. The summed E-state index contributed by atoms with van der Waals surface area (Å²) in [6.45, 7) is 4.69. The van der Waals surface area contributed by atoms with Crippen molar-refractivity contribution in [2.75, 3.05) is 5.88 Å². The van der Waals surface area contributed by atoms with Crippen molar-refractivity contribution in [1.82, 2.24) is 5.32 Å². The van der Waals surface area contributed by atoms with Crippen LogP contribution < -0.4 is 5.32 Å². The van der Waals surface area contributed by atoms with Gasteiger partial charge in [0.15, 0.2) is 0 Å². The van der Waals surface area contributed by atoms with Gasteiger partial charge in [-0.3, -0.25) is 9.59 Å². The van der Waals surface area contributed by atoms with Crippen molar-refractivity contribution in [1.29, 1.82) is 0 Å². The minimum Gasteiger partial charge on any atom is -0.461 e. The van der Waals surface area contributed by atoms with Gasteiger partial charge in [-0.2, -0.15) is 0 Å². The Morgan fingerprint density at radius 1 is 1.27 bits per heavy atom. The summed E-state index contributed by atoms with van der Waals surface area (Å²) in [6, 6.07) is 0. The lowest BCUT2D eigenvalue weighted by Gasteiger charge is -2.59. The molecule has 6 atom stereocenters. The Labute approximate surface area is 161 Å². The van der Waals surface area contributed by atoms with Gasteiger partial charge in [-0.05, 0) is 68.6 Å². The Morgan fingerprint density at radius 3 is 2.85 bits per heavy atom. The molecule has 3 aliphatic carbocycles.